The molecule has 1 aliphatic heterocycles. The third kappa shape index (κ3) is 4.77. The quantitative estimate of drug-likeness (QED) is 0.858. The van der Waals surface area contributed by atoms with E-state index in [1.54, 1.807) is 12.1 Å². The Morgan fingerprint density at radius 3 is 2.42 bits per heavy atom. The zero-order valence-electron chi connectivity index (χ0n) is 15.4. The average molecular weight is 372 g/mol. The van der Waals surface area contributed by atoms with Crippen LogP contribution in [-0.4, -0.2) is 47.5 Å². The number of piperazine rings is 1. The number of urea groups is 1. The second-order valence-electron chi connectivity index (χ2n) is 7.02. The predicted molar refractivity (Wildman–Crippen MR) is 108 cm³/mol. The highest BCUT2D eigenvalue weighted by Crippen LogP contribution is 2.19. The molecule has 0 aliphatic carbocycles. The molecule has 1 fully saturated rings. The van der Waals surface area contributed by atoms with Crippen molar-refractivity contribution in [3.05, 3.63) is 65.2 Å². The summed E-state index contributed by atoms with van der Waals surface area (Å²) in [6.07, 6.45) is 1.03. The van der Waals surface area contributed by atoms with E-state index in [1.807, 2.05) is 23.1 Å². The van der Waals surface area contributed by atoms with E-state index in [9.17, 15) is 4.79 Å². The van der Waals surface area contributed by atoms with E-state index in [4.69, 9.17) is 11.6 Å². The Balaban J connectivity index is 1.56. The second-order valence-corrected chi connectivity index (χ2v) is 7.45. The van der Waals surface area contributed by atoms with Crippen LogP contribution >= 0.6 is 11.6 Å². The summed E-state index contributed by atoms with van der Waals surface area (Å²) in [6, 6.07) is 18.4. The van der Waals surface area contributed by atoms with Gasteiger partial charge >= 0.3 is 6.03 Å². The zero-order valence-corrected chi connectivity index (χ0v) is 16.1. The summed E-state index contributed by atoms with van der Waals surface area (Å²) >= 11 is 5.99. The summed E-state index contributed by atoms with van der Waals surface area (Å²) in [7, 11) is 0. The van der Waals surface area contributed by atoms with Gasteiger partial charge in [-0.05, 0) is 44.0 Å². The number of benzene rings is 2. The lowest BCUT2D eigenvalue weighted by atomic mass is 10.1. The van der Waals surface area contributed by atoms with Gasteiger partial charge in [-0.25, -0.2) is 4.79 Å². The van der Waals surface area contributed by atoms with Gasteiger partial charge < -0.3 is 10.2 Å². The van der Waals surface area contributed by atoms with Crippen LogP contribution in [0.1, 0.15) is 19.4 Å². The number of rotatable bonds is 4. The fourth-order valence-corrected chi connectivity index (χ4v) is 3.83. The molecule has 5 heteroatoms. The lowest BCUT2D eigenvalue weighted by Crippen LogP contribution is -2.59. The first-order chi connectivity index (χ1) is 12.5. The van der Waals surface area contributed by atoms with Gasteiger partial charge in [-0.15, -0.1) is 0 Å². The Labute approximate surface area is 160 Å². The molecular weight excluding hydrogens is 346 g/mol. The van der Waals surface area contributed by atoms with Crippen LogP contribution in [-0.2, 0) is 6.42 Å². The van der Waals surface area contributed by atoms with Crippen LogP contribution in [0.25, 0.3) is 0 Å². The molecule has 1 heterocycles. The molecule has 2 amide bonds. The molecule has 2 aromatic carbocycles. The molecule has 26 heavy (non-hydrogen) atoms. The van der Waals surface area contributed by atoms with Crippen molar-refractivity contribution >= 4 is 23.3 Å². The lowest BCUT2D eigenvalue weighted by molar-refractivity contribution is 0.0599. The standard InChI is InChI=1S/C21H26ClN3O/c1-16-14-24(21(26)23-20-10-6-9-19(22)13-20)15-17(2)25(16)12-11-18-7-4-3-5-8-18/h3-10,13,16-17H,11-12,14-15H2,1-2H3,(H,23,26). The van der Waals surface area contributed by atoms with E-state index in [1.165, 1.54) is 5.56 Å². The highest BCUT2D eigenvalue weighted by Gasteiger charge is 2.31. The highest BCUT2D eigenvalue weighted by molar-refractivity contribution is 6.30. The smallest absolute Gasteiger partial charge is 0.321 e. The molecule has 2 aromatic rings. The molecule has 1 saturated heterocycles. The van der Waals surface area contributed by atoms with Crippen molar-refractivity contribution in [2.45, 2.75) is 32.4 Å². The van der Waals surface area contributed by atoms with Crippen LogP contribution in [0.15, 0.2) is 54.6 Å². The largest absolute Gasteiger partial charge is 0.321 e. The average Bonchev–Trinajstić information content (AvgIpc) is 2.61. The Morgan fingerprint density at radius 1 is 1.08 bits per heavy atom. The summed E-state index contributed by atoms with van der Waals surface area (Å²) in [4.78, 5) is 17.0. The number of halogens is 1. The zero-order chi connectivity index (χ0) is 18.5. The van der Waals surface area contributed by atoms with E-state index in [-0.39, 0.29) is 6.03 Å². The summed E-state index contributed by atoms with van der Waals surface area (Å²) in [6.45, 7) is 6.85. The molecule has 3 rings (SSSR count). The molecular formula is C21H26ClN3O. The molecule has 0 saturated carbocycles. The van der Waals surface area contributed by atoms with Gasteiger partial charge in [-0.1, -0.05) is 48.0 Å². The number of nitrogens with one attached hydrogen (secondary N) is 1. The fraction of sp³-hybridized carbons (Fsp3) is 0.381. The highest BCUT2D eigenvalue weighted by atomic mass is 35.5. The predicted octanol–water partition coefficient (Wildman–Crippen LogP) is 4.51. The van der Waals surface area contributed by atoms with Gasteiger partial charge in [0.2, 0.25) is 0 Å². The molecule has 138 valence electrons. The third-order valence-electron chi connectivity index (χ3n) is 4.97. The van der Waals surface area contributed by atoms with Crippen LogP contribution in [0.2, 0.25) is 5.02 Å². The fourth-order valence-electron chi connectivity index (χ4n) is 3.63. The van der Waals surface area contributed by atoms with Crippen LogP contribution in [0.4, 0.5) is 10.5 Å². The minimum absolute atomic E-state index is 0.0614. The van der Waals surface area contributed by atoms with Crippen molar-refractivity contribution < 1.29 is 4.79 Å². The summed E-state index contributed by atoms with van der Waals surface area (Å²) in [5.41, 5.74) is 2.09. The van der Waals surface area contributed by atoms with E-state index < -0.39 is 0 Å². The Hall–Kier alpha value is -2.04. The number of anilines is 1. The molecule has 0 spiro atoms. The molecule has 1 N–H and O–H groups in total. The summed E-state index contributed by atoms with van der Waals surface area (Å²) in [5.74, 6) is 0. The maximum absolute atomic E-state index is 12.6. The number of amides is 2. The van der Waals surface area contributed by atoms with Crippen molar-refractivity contribution in [2.75, 3.05) is 25.0 Å². The third-order valence-corrected chi connectivity index (χ3v) is 5.20. The number of hydrogen-bond donors (Lipinski definition) is 1. The van der Waals surface area contributed by atoms with Crippen LogP contribution in [0, 0.1) is 0 Å². The van der Waals surface area contributed by atoms with Crippen LogP contribution in [0.5, 0.6) is 0 Å². The Kier molecular flexibility index (Phi) is 6.17. The molecule has 2 unspecified atom stereocenters. The van der Waals surface area contributed by atoms with E-state index in [2.05, 4.69) is 48.3 Å². The van der Waals surface area contributed by atoms with E-state index in [0.717, 1.165) is 31.7 Å². The normalized spacial score (nSPS) is 20.8. The number of hydrogen-bond acceptors (Lipinski definition) is 2. The van der Waals surface area contributed by atoms with Gasteiger partial charge in [-0.2, -0.15) is 0 Å². The lowest BCUT2D eigenvalue weighted by Gasteiger charge is -2.44. The van der Waals surface area contributed by atoms with Crippen molar-refractivity contribution in [1.82, 2.24) is 9.80 Å². The van der Waals surface area contributed by atoms with Gasteiger partial charge in [0.1, 0.15) is 0 Å². The van der Waals surface area contributed by atoms with E-state index in [0.29, 0.717) is 17.1 Å². The first kappa shape index (κ1) is 18.7. The van der Waals surface area contributed by atoms with Gasteiger partial charge in [0.15, 0.2) is 0 Å². The molecule has 0 radical (unpaired) electrons. The maximum Gasteiger partial charge on any atom is 0.321 e. The topological polar surface area (TPSA) is 35.6 Å². The monoisotopic (exact) mass is 371 g/mol. The first-order valence-corrected chi connectivity index (χ1v) is 9.52. The van der Waals surface area contributed by atoms with Crippen LogP contribution < -0.4 is 5.32 Å². The van der Waals surface area contributed by atoms with Gasteiger partial charge in [-0.3, -0.25) is 4.90 Å². The minimum atomic E-state index is -0.0614. The van der Waals surface area contributed by atoms with Crippen LogP contribution in [0.3, 0.4) is 0 Å². The summed E-state index contributed by atoms with van der Waals surface area (Å²) in [5, 5.41) is 3.57. The Morgan fingerprint density at radius 2 is 1.77 bits per heavy atom. The number of carbonyl (C=O) groups is 1. The first-order valence-electron chi connectivity index (χ1n) is 9.14. The van der Waals surface area contributed by atoms with E-state index >= 15 is 0 Å². The number of carbonyl (C=O) groups excluding carboxylic acids is 1. The molecule has 2 atom stereocenters. The second kappa shape index (κ2) is 8.56. The minimum Gasteiger partial charge on any atom is -0.321 e. The SMILES string of the molecule is CC1CN(C(=O)Nc2cccc(Cl)c2)CC(C)N1CCc1ccccc1. The van der Waals surface area contributed by atoms with Gasteiger partial charge in [0.05, 0.1) is 0 Å². The number of nitrogens with zero attached hydrogens (tertiary/aromatic N) is 2. The van der Waals surface area contributed by atoms with Crippen molar-refractivity contribution in [3.8, 4) is 0 Å². The van der Waals surface area contributed by atoms with Gasteiger partial charge in [0, 0.05) is 42.4 Å². The maximum atomic E-state index is 12.6. The molecule has 0 aromatic heterocycles. The van der Waals surface area contributed by atoms with Gasteiger partial charge in [0.25, 0.3) is 0 Å². The molecule has 1 aliphatic rings. The van der Waals surface area contributed by atoms with Crippen molar-refractivity contribution in [1.29, 1.82) is 0 Å². The Bertz CT molecular complexity index is 725. The van der Waals surface area contributed by atoms with Crippen molar-refractivity contribution in [3.63, 3.8) is 0 Å². The van der Waals surface area contributed by atoms with Crippen molar-refractivity contribution in [2.24, 2.45) is 0 Å². The summed E-state index contributed by atoms with van der Waals surface area (Å²) < 4.78 is 0. The molecule has 0 bridgehead atoms. The molecule has 4 nitrogen and oxygen atoms in total.